The van der Waals surface area contributed by atoms with Crippen LogP contribution in [0, 0.1) is 0 Å². The number of hydrogen-bond donors (Lipinski definition) is 0. The van der Waals surface area contributed by atoms with Gasteiger partial charge in [-0.05, 0) is 43.5 Å². The number of amides is 1. The van der Waals surface area contributed by atoms with Gasteiger partial charge in [-0.15, -0.1) is 10.2 Å². The maximum atomic E-state index is 13.4. The van der Waals surface area contributed by atoms with Gasteiger partial charge in [0.2, 0.25) is 0 Å². The van der Waals surface area contributed by atoms with Crippen LogP contribution in [0.15, 0.2) is 60.9 Å². The van der Waals surface area contributed by atoms with Crippen molar-refractivity contribution < 1.29 is 4.79 Å². The van der Waals surface area contributed by atoms with Gasteiger partial charge in [-0.2, -0.15) is 5.10 Å². The third kappa shape index (κ3) is 3.16. The maximum Gasteiger partial charge on any atom is 0.257 e. The fraction of sp³-hybridized carbons (Fsp3) is 0.304. The number of carbonyl (C=O) groups is 1. The lowest BCUT2D eigenvalue weighted by atomic mass is 9.96. The van der Waals surface area contributed by atoms with E-state index in [1.807, 2.05) is 68.7 Å². The molecule has 1 aliphatic heterocycles. The molecule has 5 rings (SSSR count). The van der Waals surface area contributed by atoms with Crippen molar-refractivity contribution >= 4 is 11.6 Å². The van der Waals surface area contributed by atoms with Gasteiger partial charge in [0, 0.05) is 25.2 Å². The molecule has 1 fully saturated rings. The summed E-state index contributed by atoms with van der Waals surface area (Å²) in [5, 5.41) is 13.2. The quantitative estimate of drug-likeness (QED) is 0.526. The van der Waals surface area contributed by atoms with E-state index in [0.29, 0.717) is 12.1 Å². The molecule has 0 bridgehead atoms. The van der Waals surface area contributed by atoms with Crippen LogP contribution in [0.5, 0.6) is 0 Å². The van der Waals surface area contributed by atoms with E-state index in [4.69, 9.17) is 0 Å². The summed E-state index contributed by atoms with van der Waals surface area (Å²) in [6.07, 6.45) is 6.40. The van der Waals surface area contributed by atoms with Crippen LogP contribution in [0.2, 0.25) is 0 Å². The van der Waals surface area contributed by atoms with Crippen LogP contribution in [0.1, 0.15) is 47.6 Å². The minimum Gasteiger partial charge on any atom is -0.338 e. The van der Waals surface area contributed by atoms with Gasteiger partial charge < -0.3 is 4.90 Å². The molecule has 0 aliphatic carbocycles. The number of aromatic nitrogens is 5. The number of rotatable bonds is 4. The predicted molar refractivity (Wildman–Crippen MR) is 114 cm³/mol. The van der Waals surface area contributed by atoms with Crippen LogP contribution in [0.25, 0.3) is 11.3 Å². The molecule has 0 radical (unpaired) electrons. The number of benzene rings is 1. The Bertz CT molecular complexity index is 1180. The monoisotopic (exact) mass is 400 g/mol. The Morgan fingerprint density at radius 1 is 1.10 bits per heavy atom. The molecule has 1 unspecified atom stereocenters. The van der Waals surface area contributed by atoms with Gasteiger partial charge in [-0.1, -0.05) is 31.2 Å². The smallest absolute Gasteiger partial charge is 0.257 e. The van der Waals surface area contributed by atoms with Crippen molar-refractivity contribution in [3.63, 3.8) is 0 Å². The number of para-hydroxylation sites is 1. The van der Waals surface area contributed by atoms with Crippen molar-refractivity contribution in [2.75, 3.05) is 13.1 Å². The predicted octanol–water partition coefficient (Wildman–Crippen LogP) is 3.50. The summed E-state index contributed by atoms with van der Waals surface area (Å²) in [5.41, 5.74) is 3.45. The first-order chi connectivity index (χ1) is 14.8. The zero-order valence-corrected chi connectivity index (χ0v) is 17.0. The summed E-state index contributed by atoms with van der Waals surface area (Å²) in [6.45, 7) is 3.47. The van der Waals surface area contributed by atoms with E-state index < -0.39 is 0 Å². The highest BCUT2D eigenvalue weighted by Gasteiger charge is 2.30. The molecule has 1 saturated heterocycles. The largest absolute Gasteiger partial charge is 0.338 e. The second-order valence-electron chi connectivity index (χ2n) is 7.68. The van der Waals surface area contributed by atoms with Crippen LogP contribution >= 0.6 is 0 Å². The highest BCUT2D eigenvalue weighted by atomic mass is 16.2. The Hall–Kier alpha value is -3.48. The van der Waals surface area contributed by atoms with Gasteiger partial charge in [-0.25, -0.2) is 4.68 Å². The van der Waals surface area contributed by atoms with E-state index in [0.717, 1.165) is 48.7 Å². The Balaban J connectivity index is 1.42. The third-order valence-electron chi connectivity index (χ3n) is 5.85. The molecule has 3 aromatic heterocycles. The SMILES string of the molecule is CCc1c(C(=O)N2CCCC(c3nnc4ccccn34)C2)cnn1-c1ccccc1. The Morgan fingerprint density at radius 3 is 2.77 bits per heavy atom. The lowest BCUT2D eigenvalue weighted by Gasteiger charge is -2.32. The number of likely N-dealkylation sites (tertiary alicyclic amines) is 1. The number of fused-ring (bicyclic) bond motifs is 1. The van der Waals surface area contributed by atoms with Gasteiger partial charge in [0.15, 0.2) is 5.65 Å². The molecule has 0 spiro atoms. The van der Waals surface area contributed by atoms with Crippen molar-refractivity contribution in [3.8, 4) is 5.69 Å². The average molecular weight is 400 g/mol. The van der Waals surface area contributed by atoms with E-state index in [2.05, 4.69) is 22.2 Å². The van der Waals surface area contributed by atoms with Gasteiger partial charge >= 0.3 is 0 Å². The fourth-order valence-corrected chi connectivity index (χ4v) is 4.37. The lowest BCUT2D eigenvalue weighted by molar-refractivity contribution is 0.0703. The van der Waals surface area contributed by atoms with Gasteiger partial charge in [0.25, 0.3) is 5.91 Å². The molecular formula is C23H24N6O. The van der Waals surface area contributed by atoms with E-state index >= 15 is 0 Å². The summed E-state index contributed by atoms with van der Waals surface area (Å²) in [5.74, 6) is 1.15. The third-order valence-corrected chi connectivity index (χ3v) is 5.85. The Morgan fingerprint density at radius 2 is 1.93 bits per heavy atom. The summed E-state index contributed by atoms with van der Waals surface area (Å²) in [4.78, 5) is 15.4. The number of hydrogen-bond acceptors (Lipinski definition) is 4. The first kappa shape index (κ1) is 18.5. The highest BCUT2D eigenvalue weighted by molar-refractivity contribution is 5.95. The molecule has 4 aromatic rings. The van der Waals surface area contributed by atoms with Crippen molar-refractivity contribution in [1.29, 1.82) is 0 Å². The number of pyridine rings is 1. The van der Waals surface area contributed by atoms with E-state index in [9.17, 15) is 4.79 Å². The fourth-order valence-electron chi connectivity index (χ4n) is 4.37. The minimum absolute atomic E-state index is 0.0487. The standard InChI is InChI=1S/C23H24N6O/c1-2-20-19(15-24-29(20)18-10-4-3-5-11-18)23(30)27-13-8-9-17(16-27)22-26-25-21-12-6-7-14-28(21)22/h3-7,10-12,14-15,17H,2,8-9,13,16H2,1H3. The summed E-state index contributed by atoms with van der Waals surface area (Å²) < 4.78 is 3.91. The molecular weight excluding hydrogens is 376 g/mol. The molecule has 7 nitrogen and oxygen atoms in total. The van der Waals surface area contributed by atoms with Gasteiger partial charge in [-0.3, -0.25) is 9.20 Å². The van der Waals surface area contributed by atoms with E-state index in [1.165, 1.54) is 0 Å². The zero-order valence-electron chi connectivity index (χ0n) is 17.0. The average Bonchev–Trinajstić information content (AvgIpc) is 3.43. The molecule has 4 heterocycles. The molecule has 1 aromatic carbocycles. The normalized spacial score (nSPS) is 16.8. The summed E-state index contributed by atoms with van der Waals surface area (Å²) in [7, 11) is 0. The number of piperidine rings is 1. The van der Waals surface area contributed by atoms with Crippen LogP contribution in [0.4, 0.5) is 0 Å². The number of carbonyl (C=O) groups excluding carboxylic acids is 1. The lowest BCUT2D eigenvalue weighted by Crippen LogP contribution is -2.39. The zero-order chi connectivity index (χ0) is 20.5. The molecule has 152 valence electrons. The highest BCUT2D eigenvalue weighted by Crippen LogP contribution is 2.28. The first-order valence-electron chi connectivity index (χ1n) is 10.5. The summed E-state index contributed by atoms with van der Waals surface area (Å²) >= 11 is 0. The second kappa shape index (κ2) is 7.74. The molecule has 1 amide bonds. The first-order valence-corrected chi connectivity index (χ1v) is 10.5. The van der Waals surface area contributed by atoms with Gasteiger partial charge in [0.05, 0.1) is 23.1 Å². The van der Waals surface area contributed by atoms with Crippen LogP contribution in [-0.2, 0) is 6.42 Å². The maximum absolute atomic E-state index is 13.4. The number of nitrogens with zero attached hydrogens (tertiary/aromatic N) is 6. The molecule has 30 heavy (non-hydrogen) atoms. The molecule has 1 aliphatic rings. The summed E-state index contributed by atoms with van der Waals surface area (Å²) in [6, 6.07) is 15.9. The van der Waals surface area contributed by atoms with Crippen molar-refractivity contribution in [2.24, 2.45) is 0 Å². The van der Waals surface area contributed by atoms with Crippen molar-refractivity contribution in [3.05, 3.63) is 78.0 Å². The van der Waals surface area contributed by atoms with Crippen LogP contribution in [0.3, 0.4) is 0 Å². The molecule has 0 saturated carbocycles. The van der Waals surface area contributed by atoms with E-state index in [1.54, 1.807) is 6.20 Å². The minimum atomic E-state index is 0.0487. The Kier molecular flexibility index (Phi) is 4.78. The topological polar surface area (TPSA) is 68.3 Å². The van der Waals surface area contributed by atoms with Gasteiger partial charge in [0.1, 0.15) is 5.82 Å². The van der Waals surface area contributed by atoms with Crippen LogP contribution in [-0.4, -0.2) is 48.3 Å². The van der Waals surface area contributed by atoms with Crippen molar-refractivity contribution in [2.45, 2.75) is 32.1 Å². The van der Waals surface area contributed by atoms with E-state index in [-0.39, 0.29) is 11.8 Å². The molecule has 7 heteroatoms. The molecule has 0 N–H and O–H groups in total. The van der Waals surface area contributed by atoms with Crippen LogP contribution < -0.4 is 0 Å². The molecule has 1 atom stereocenters. The Labute approximate surface area is 175 Å². The van der Waals surface area contributed by atoms with Crippen molar-refractivity contribution in [1.82, 2.24) is 29.3 Å². The second-order valence-corrected chi connectivity index (χ2v) is 7.68.